The Hall–Kier alpha value is -2.76. The Kier molecular flexibility index (Phi) is 4.17. The van der Waals surface area contributed by atoms with Crippen LogP contribution in [-0.4, -0.2) is 24.3 Å². The maximum atomic E-state index is 11.5. The zero-order chi connectivity index (χ0) is 13.5. The van der Waals surface area contributed by atoms with Gasteiger partial charge < -0.3 is 15.0 Å². The highest BCUT2D eigenvalue weighted by Crippen LogP contribution is 2.14. The van der Waals surface area contributed by atoms with Crippen molar-refractivity contribution in [1.82, 2.24) is 10.4 Å². The number of ether oxygens (including phenoxy) is 1. The number of amides is 2. The van der Waals surface area contributed by atoms with Crippen LogP contribution in [0.4, 0.5) is 10.5 Å². The first kappa shape index (κ1) is 12.7. The van der Waals surface area contributed by atoms with Gasteiger partial charge in [0.1, 0.15) is 5.75 Å². The van der Waals surface area contributed by atoms with Crippen molar-refractivity contribution in [3.8, 4) is 5.75 Å². The van der Waals surface area contributed by atoms with Gasteiger partial charge in [-0.2, -0.15) is 5.10 Å². The fourth-order valence-corrected chi connectivity index (χ4v) is 1.42. The first-order valence-corrected chi connectivity index (χ1v) is 5.65. The van der Waals surface area contributed by atoms with E-state index in [1.54, 1.807) is 37.6 Å². The predicted octanol–water partition coefficient (Wildman–Crippen LogP) is 2.18. The molecule has 2 aromatic rings. The highest BCUT2D eigenvalue weighted by atomic mass is 16.5. The second-order valence-corrected chi connectivity index (χ2v) is 3.68. The molecule has 0 unspecified atom stereocenters. The largest absolute Gasteiger partial charge is 0.497 e. The summed E-state index contributed by atoms with van der Waals surface area (Å²) in [5, 5.41) is 6.44. The number of hydrogen-bond acceptors (Lipinski definition) is 3. The second-order valence-electron chi connectivity index (χ2n) is 3.68. The fourth-order valence-electron chi connectivity index (χ4n) is 1.42. The Morgan fingerprint density at radius 1 is 1.32 bits per heavy atom. The summed E-state index contributed by atoms with van der Waals surface area (Å²) in [5.74, 6) is 0.732. The molecule has 98 valence electrons. The van der Waals surface area contributed by atoms with Gasteiger partial charge in [0, 0.05) is 11.9 Å². The maximum absolute atomic E-state index is 11.5. The van der Waals surface area contributed by atoms with Crippen molar-refractivity contribution in [2.45, 2.75) is 0 Å². The maximum Gasteiger partial charge on any atom is 0.339 e. The van der Waals surface area contributed by atoms with Gasteiger partial charge in [0.2, 0.25) is 0 Å². The Labute approximate surface area is 110 Å². The molecule has 0 aliphatic heterocycles. The highest BCUT2D eigenvalue weighted by molar-refractivity contribution is 5.90. The van der Waals surface area contributed by atoms with Gasteiger partial charge in [0.25, 0.3) is 0 Å². The molecular formula is C13H14N4O2. The molecule has 0 fully saturated rings. The minimum atomic E-state index is -0.409. The average molecular weight is 258 g/mol. The van der Waals surface area contributed by atoms with E-state index in [-0.39, 0.29) is 0 Å². The Balaban J connectivity index is 1.83. The molecule has 19 heavy (non-hydrogen) atoms. The highest BCUT2D eigenvalue weighted by Gasteiger charge is 1.99. The number of hydrazone groups is 1. The van der Waals surface area contributed by atoms with Crippen molar-refractivity contribution in [2.75, 3.05) is 12.4 Å². The van der Waals surface area contributed by atoms with Gasteiger partial charge in [0.05, 0.1) is 19.0 Å². The summed E-state index contributed by atoms with van der Waals surface area (Å²) in [7, 11) is 1.59. The van der Waals surface area contributed by atoms with E-state index in [1.165, 1.54) is 6.21 Å². The van der Waals surface area contributed by atoms with Crippen molar-refractivity contribution in [2.24, 2.45) is 5.10 Å². The van der Waals surface area contributed by atoms with Crippen LogP contribution in [0.3, 0.4) is 0 Å². The van der Waals surface area contributed by atoms with E-state index in [9.17, 15) is 4.79 Å². The quantitative estimate of drug-likeness (QED) is 0.580. The van der Waals surface area contributed by atoms with Crippen LogP contribution >= 0.6 is 0 Å². The first-order chi connectivity index (χ1) is 9.28. The van der Waals surface area contributed by atoms with Crippen LogP contribution in [0.25, 0.3) is 0 Å². The number of aromatic amines is 1. The Morgan fingerprint density at radius 3 is 2.74 bits per heavy atom. The molecule has 6 heteroatoms. The van der Waals surface area contributed by atoms with Crippen molar-refractivity contribution in [3.05, 3.63) is 48.3 Å². The Bertz CT molecular complexity index is 547. The van der Waals surface area contributed by atoms with Gasteiger partial charge in [-0.05, 0) is 36.4 Å². The second kappa shape index (κ2) is 6.25. The lowest BCUT2D eigenvalue weighted by atomic mass is 10.3. The summed E-state index contributed by atoms with van der Waals surface area (Å²) < 4.78 is 5.03. The summed E-state index contributed by atoms with van der Waals surface area (Å²) in [6.07, 6.45) is 3.30. The van der Waals surface area contributed by atoms with Gasteiger partial charge in [0.15, 0.2) is 0 Å². The van der Waals surface area contributed by atoms with Crippen LogP contribution in [0.15, 0.2) is 47.7 Å². The molecule has 0 bridgehead atoms. The lowest BCUT2D eigenvalue weighted by molar-refractivity contribution is 0.252. The third-order valence-electron chi connectivity index (χ3n) is 2.34. The average Bonchev–Trinajstić information content (AvgIpc) is 2.93. The van der Waals surface area contributed by atoms with E-state index in [0.29, 0.717) is 5.69 Å². The summed E-state index contributed by atoms with van der Waals surface area (Å²) in [5.41, 5.74) is 3.84. The number of anilines is 1. The first-order valence-electron chi connectivity index (χ1n) is 5.65. The summed E-state index contributed by atoms with van der Waals surface area (Å²) in [6.45, 7) is 0. The van der Waals surface area contributed by atoms with Crippen LogP contribution in [0.1, 0.15) is 5.69 Å². The number of methoxy groups -OCH3 is 1. The number of urea groups is 1. The number of carbonyl (C=O) groups is 1. The van der Waals surface area contributed by atoms with Gasteiger partial charge in [-0.15, -0.1) is 0 Å². The van der Waals surface area contributed by atoms with Crippen LogP contribution in [0.5, 0.6) is 5.75 Å². The molecule has 0 saturated heterocycles. The van der Waals surface area contributed by atoms with E-state index in [1.807, 2.05) is 12.1 Å². The number of rotatable bonds is 4. The Morgan fingerprint density at radius 2 is 2.11 bits per heavy atom. The van der Waals surface area contributed by atoms with Crippen LogP contribution in [-0.2, 0) is 0 Å². The summed E-state index contributed by atoms with van der Waals surface area (Å²) >= 11 is 0. The third kappa shape index (κ3) is 3.88. The third-order valence-corrected chi connectivity index (χ3v) is 2.34. The standard InChI is InChI=1S/C13H14N4O2/c1-19-12-6-4-10(5-7-12)16-13(18)17-15-9-11-3-2-8-14-11/h2-9,14H,1H3,(H2,16,17,18)/b15-9+. The van der Waals surface area contributed by atoms with E-state index in [4.69, 9.17) is 4.74 Å². The lowest BCUT2D eigenvalue weighted by Crippen LogP contribution is -2.24. The van der Waals surface area contributed by atoms with E-state index < -0.39 is 6.03 Å². The minimum Gasteiger partial charge on any atom is -0.497 e. The monoisotopic (exact) mass is 258 g/mol. The molecule has 0 aliphatic rings. The van der Waals surface area contributed by atoms with Gasteiger partial charge in [-0.1, -0.05) is 0 Å². The SMILES string of the molecule is COc1ccc(NC(=O)N/N=C/c2ccc[nH]2)cc1. The number of carbonyl (C=O) groups excluding carboxylic acids is 1. The molecule has 0 atom stereocenters. The van der Waals surface area contributed by atoms with E-state index in [0.717, 1.165) is 11.4 Å². The molecular weight excluding hydrogens is 244 g/mol. The molecule has 1 aromatic heterocycles. The predicted molar refractivity (Wildman–Crippen MR) is 73.5 cm³/mol. The molecule has 2 rings (SSSR count). The van der Waals surface area contributed by atoms with Crippen LogP contribution < -0.4 is 15.5 Å². The lowest BCUT2D eigenvalue weighted by Gasteiger charge is -2.05. The molecule has 0 spiro atoms. The number of H-pyrrole nitrogens is 1. The normalized spacial score (nSPS) is 10.4. The number of aromatic nitrogens is 1. The van der Waals surface area contributed by atoms with Crippen molar-refractivity contribution in [1.29, 1.82) is 0 Å². The fraction of sp³-hybridized carbons (Fsp3) is 0.0769. The van der Waals surface area contributed by atoms with E-state index >= 15 is 0 Å². The molecule has 0 radical (unpaired) electrons. The molecule has 1 heterocycles. The topological polar surface area (TPSA) is 78.5 Å². The zero-order valence-electron chi connectivity index (χ0n) is 10.4. The van der Waals surface area contributed by atoms with Crippen LogP contribution in [0, 0.1) is 0 Å². The molecule has 3 N–H and O–H groups in total. The van der Waals surface area contributed by atoms with Crippen molar-refractivity contribution >= 4 is 17.9 Å². The van der Waals surface area contributed by atoms with Gasteiger partial charge >= 0.3 is 6.03 Å². The van der Waals surface area contributed by atoms with Gasteiger partial charge in [-0.3, -0.25) is 0 Å². The molecule has 0 aliphatic carbocycles. The number of benzene rings is 1. The number of hydrogen-bond donors (Lipinski definition) is 3. The molecule has 0 saturated carbocycles. The molecule has 2 amide bonds. The van der Waals surface area contributed by atoms with Gasteiger partial charge in [-0.25, -0.2) is 10.2 Å². The number of nitrogens with one attached hydrogen (secondary N) is 3. The smallest absolute Gasteiger partial charge is 0.339 e. The number of nitrogens with zero attached hydrogens (tertiary/aromatic N) is 1. The molecule has 1 aromatic carbocycles. The van der Waals surface area contributed by atoms with E-state index in [2.05, 4.69) is 20.8 Å². The summed E-state index contributed by atoms with van der Waals surface area (Å²) in [4.78, 5) is 14.5. The van der Waals surface area contributed by atoms with Crippen LogP contribution in [0.2, 0.25) is 0 Å². The van der Waals surface area contributed by atoms with Crippen molar-refractivity contribution < 1.29 is 9.53 Å². The summed E-state index contributed by atoms with van der Waals surface area (Å²) in [6, 6.07) is 10.3. The van der Waals surface area contributed by atoms with Crippen molar-refractivity contribution in [3.63, 3.8) is 0 Å². The zero-order valence-corrected chi connectivity index (χ0v) is 10.4. The minimum absolute atomic E-state index is 0.409. The molecule has 6 nitrogen and oxygen atoms in total.